The van der Waals surface area contributed by atoms with Gasteiger partial charge in [-0.15, -0.1) is 0 Å². The number of urea groups is 1. The largest absolute Gasteiger partial charge is 0.469 e. The molecule has 0 spiro atoms. The standard InChI is InChI=1S/C34H51N3O5/c1-20(38)42-26-13-14-32(6)23(29(26,2)3)12-15-34(8)24(32)11-10-21-22-18-30(4,27(39)41-9)19-25(36-37-28(35)40)31(22,5)16-17-33(21,34)7/h10-11,23-24,26H,12-19H2,1-9H3,(H3,35,37,40). The number of primary amides is 1. The van der Waals surface area contributed by atoms with Crippen molar-refractivity contribution in [1.82, 2.24) is 5.43 Å². The predicted molar refractivity (Wildman–Crippen MR) is 162 cm³/mol. The molecular formula is C34H51N3O5. The van der Waals surface area contributed by atoms with Crippen LogP contribution in [0.2, 0.25) is 0 Å². The molecule has 0 aromatic rings. The molecule has 0 aliphatic heterocycles. The third kappa shape index (κ3) is 4.13. The molecule has 0 radical (unpaired) electrons. The van der Waals surface area contributed by atoms with E-state index in [1.807, 2.05) is 6.92 Å². The first-order chi connectivity index (χ1) is 19.4. The van der Waals surface area contributed by atoms with Crippen LogP contribution in [0.1, 0.15) is 107 Å². The Morgan fingerprint density at radius 2 is 1.67 bits per heavy atom. The van der Waals surface area contributed by atoms with Gasteiger partial charge in [0.15, 0.2) is 0 Å². The number of carbonyl (C=O) groups excluding carboxylic acids is 3. The average Bonchev–Trinajstić information content (AvgIpc) is 2.89. The maximum absolute atomic E-state index is 13.2. The number of esters is 2. The summed E-state index contributed by atoms with van der Waals surface area (Å²) < 4.78 is 11.2. The Balaban J connectivity index is 1.64. The van der Waals surface area contributed by atoms with Gasteiger partial charge in [-0.05, 0) is 85.5 Å². The first-order valence-electron chi connectivity index (χ1n) is 15.7. The van der Waals surface area contributed by atoms with Crippen LogP contribution in [0.15, 0.2) is 28.4 Å². The first-order valence-corrected chi connectivity index (χ1v) is 15.7. The van der Waals surface area contributed by atoms with Gasteiger partial charge < -0.3 is 15.2 Å². The van der Waals surface area contributed by atoms with Crippen LogP contribution in [0.4, 0.5) is 4.79 Å². The second-order valence-electron chi connectivity index (χ2n) is 15.8. The summed E-state index contributed by atoms with van der Waals surface area (Å²) >= 11 is 0. The van der Waals surface area contributed by atoms with Crippen LogP contribution in [0, 0.1) is 44.3 Å². The number of nitrogens with one attached hydrogen (secondary N) is 1. The fraction of sp³-hybridized carbons (Fsp3) is 0.765. The van der Waals surface area contributed by atoms with Crippen LogP contribution in [0.3, 0.4) is 0 Å². The Kier molecular flexibility index (Phi) is 7.10. The monoisotopic (exact) mass is 581 g/mol. The van der Waals surface area contributed by atoms with Gasteiger partial charge in [-0.2, -0.15) is 5.10 Å². The number of nitrogens with zero attached hydrogens (tertiary/aromatic N) is 1. The lowest BCUT2D eigenvalue weighted by Crippen LogP contribution is -2.63. The molecule has 0 heterocycles. The molecule has 232 valence electrons. The summed E-state index contributed by atoms with van der Waals surface area (Å²) in [6.45, 7) is 17.7. The molecule has 0 aromatic carbocycles. The predicted octanol–water partition coefficient (Wildman–Crippen LogP) is 6.45. The third-order valence-electron chi connectivity index (χ3n) is 13.3. The molecule has 5 rings (SSSR count). The van der Waals surface area contributed by atoms with Crippen LogP contribution in [0.25, 0.3) is 0 Å². The number of nitrogens with two attached hydrogens (primary N) is 1. The molecule has 3 N–H and O–H groups in total. The van der Waals surface area contributed by atoms with Crippen molar-refractivity contribution in [3.63, 3.8) is 0 Å². The molecule has 8 unspecified atom stereocenters. The summed E-state index contributed by atoms with van der Waals surface area (Å²) in [7, 11) is 1.44. The van der Waals surface area contributed by atoms with Gasteiger partial charge >= 0.3 is 18.0 Å². The van der Waals surface area contributed by atoms with Crippen molar-refractivity contribution < 1.29 is 23.9 Å². The highest BCUT2D eigenvalue weighted by Gasteiger charge is 2.67. The third-order valence-corrected chi connectivity index (χ3v) is 13.3. The lowest BCUT2D eigenvalue weighted by atomic mass is 9.35. The smallest absolute Gasteiger partial charge is 0.332 e. The van der Waals surface area contributed by atoms with Gasteiger partial charge in [0.25, 0.3) is 0 Å². The molecule has 0 saturated heterocycles. The molecule has 5 aliphatic rings. The van der Waals surface area contributed by atoms with E-state index in [1.54, 1.807) is 0 Å². The maximum atomic E-state index is 13.2. The van der Waals surface area contributed by atoms with Gasteiger partial charge in [0, 0.05) is 29.9 Å². The highest BCUT2D eigenvalue weighted by molar-refractivity contribution is 5.99. The summed E-state index contributed by atoms with van der Waals surface area (Å²) in [5.74, 6) is 0.360. The zero-order valence-electron chi connectivity index (χ0n) is 27.1. The molecule has 5 aliphatic carbocycles. The van der Waals surface area contributed by atoms with Gasteiger partial charge in [0.1, 0.15) is 6.10 Å². The van der Waals surface area contributed by atoms with Crippen LogP contribution in [0.5, 0.6) is 0 Å². The molecule has 0 bridgehead atoms. The average molecular weight is 582 g/mol. The fourth-order valence-electron chi connectivity index (χ4n) is 10.7. The number of methoxy groups -OCH3 is 1. The van der Waals surface area contributed by atoms with Crippen LogP contribution >= 0.6 is 0 Å². The topological polar surface area (TPSA) is 120 Å². The summed E-state index contributed by atoms with van der Waals surface area (Å²) in [5.41, 5.74) is 9.94. The Hall–Kier alpha value is -2.64. The summed E-state index contributed by atoms with van der Waals surface area (Å²) in [4.78, 5) is 36.8. The molecule has 2 amide bonds. The summed E-state index contributed by atoms with van der Waals surface area (Å²) in [5, 5.41) is 4.51. The van der Waals surface area contributed by atoms with Crippen LogP contribution < -0.4 is 11.2 Å². The number of rotatable bonds is 3. The van der Waals surface area contributed by atoms with E-state index in [0.29, 0.717) is 24.7 Å². The first kappa shape index (κ1) is 30.8. The molecule has 8 nitrogen and oxygen atoms in total. The van der Waals surface area contributed by atoms with E-state index in [9.17, 15) is 14.4 Å². The van der Waals surface area contributed by atoms with Gasteiger partial charge in [0.2, 0.25) is 0 Å². The number of amides is 2. The summed E-state index contributed by atoms with van der Waals surface area (Å²) in [6, 6.07) is -0.712. The molecular weight excluding hydrogens is 530 g/mol. The van der Waals surface area contributed by atoms with E-state index in [0.717, 1.165) is 44.2 Å². The van der Waals surface area contributed by atoms with E-state index in [-0.39, 0.29) is 45.1 Å². The van der Waals surface area contributed by atoms with E-state index < -0.39 is 11.4 Å². The number of fused-ring (bicyclic) bond motifs is 6. The second-order valence-corrected chi connectivity index (χ2v) is 15.8. The van der Waals surface area contributed by atoms with Crippen molar-refractivity contribution in [3.05, 3.63) is 23.3 Å². The van der Waals surface area contributed by atoms with Crippen molar-refractivity contribution >= 4 is 23.7 Å². The van der Waals surface area contributed by atoms with E-state index >= 15 is 0 Å². The molecule has 3 fully saturated rings. The quantitative estimate of drug-likeness (QED) is 0.293. The zero-order chi connectivity index (χ0) is 31.1. The van der Waals surface area contributed by atoms with E-state index in [2.05, 4.69) is 64.2 Å². The normalized spacial score (nSPS) is 44.7. The minimum atomic E-state index is -0.790. The van der Waals surface area contributed by atoms with Crippen LogP contribution in [-0.4, -0.2) is 36.9 Å². The van der Waals surface area contributed by atoms with Gasteiger partial charge in [-0.3, -0.25) is 9.59 Å². The number of carbonyl (C=O) groups is 3. The SMILES string of the molecule is COC(=O)C1(C)CC(=NNC(N)=O)C2(C)CCC3(C)C(=C2C1)C=CC1C2(C)CCC(OC(C)=O)C(C)(C)C2CCC13C. The zero-order valence-corrected chi connectivity index (χ0v) is 27.1. The minimum Gasteiger partial charge on any atom is -0.469 e. The molecule has 0 aromatic heterocycles. The Morgan fingerprint density at radius 3 is 2.29 bits per heavy atom. The van der Waals surface area contributed by atoms with Gasteiger partial charge in [-0.1, -0.05) is 59.3 Å². The van der Waals surface area contributed by atoms with Crippen molar-refractivity contribution in [2.75, 3.05) is 7.11 Å². The van der Waals surface area contributed by atoms with E-state index in [4.69, 9.17) is 15.2 Å². The number of allylic oxidation sites excluding steroid dienone is 4. The number of hydrogen-bond acceptors (Lipinski definition) is 6. The number of ether oxygens (including phenoxy) is 2. The summed E-state index contributed by atoms with van der Waals surface area (Å²) in [6.07, 6.45) is 11.8. The highest BCUT2D eigenvalue weighted by atomic mass is 16.5. The second kappa shape index (κ2) is 9.68. The molecule has 42 heavy (non-hydrogen) atoms. The number of hydrazone groups is 1. The fourth-order valence-corrected chi connectivity index (χ4v) is 10.7. The lowest BCUT2D eigenvalue weighted by Gasteiger charge is -2.69. The highest BCUT2D eigenvalue weighted by Crippen LogP contribution is 2.74. The Morgan fingerprint density at radius 1 is 0.976 bits per heavy atom. The van der Waals surface area contributed by atoms with Gasteiger partial charge in [0.05, 0.1) is 12.5 Å². The van der Waals surface area contributed by atoms with Crippen molar-refractivity contribution in [3.8, 4) is 0 Å². The lowest BCUT2D eigenvalue weighted by molar-refractivity contribution is -0.197. The molecule has 8 heteroatoms. The number of hydrogen-bond donors (Lipinski definition) is 2. The maximum Gasteiger partial charge on any atom is 0.332 e. The molecule has 3 saturated carbocycles. The van der Waals surface area contributed by atoms with Crippen molar-refractivity contribution in [1.29, 1.82) is 0 Å². The van der Waals surface area contributed by atoms with Crippen molar-refractivity contribution in [2.24, 2.45) is 55.2 Å². The Bertz CT molecular complexity index is 1300. The van der Waals surface area contributed by atoms with Gasteiger partial charge in [-0.25, -0.2) is 10.2 Å². The molecule has 8 atom stereocenters. The van der Waals surface area contributed by atoms with Crippen LogP contribution in [-0.2, 0) is 19.1 Å². The van der Waals surface area contributed by atoms with E-state index in [1.165, 1.54) is 25.2 Å². The Labute approximate surface area is 251 Å². The van der Waals surface area contributed by atoms with Crippen molar-refractivity contribution in [2.45, 2.75) is 113 Å². The minimum absolute atomic E-state index is 0.0168.